The Morgan fingerprint density at radius 2 is 1.72 bits per heavy atom. The van der Waals surface area contributed by atoms with Crippen LogP contribution in [0.5, 0.6) is 0 Å². The minimum atomic E-state index is -4.76. The molecule has 1 aromatic carbocycles. The van der Waals surface area contributed by atoms with Crippen LogP contribution in [-0.2, 0) is 11.0 Å². The van der Waals surface area contributed by atoms with E-state index in [1.165, 1.54) is 12.1 Å². The summed E-state index contributed by atoms with van der Waals surface area (Å²) in [4.78, 5) is 19.4. The number of hydrogen-bond acceptors (Lipinski definition) is 4. The first-order valence-electron chi connectivity index (χ1n) is 8.00. The van der Waals surface area contributed by atoms with Crippen molar-refractivity contribution in [3.8, 4) is 5.69 Å². The molecule has 0 fully saturated rings. The summed E-state index contributed by atoms with van der Waals surface area (Å²) in [5, 5.41) is 11.1. The summed E-state index contributed by atoms with van der Waals surface area (Å²) >= 11 is 0. The van der Waals surface area contributed by atoms with Crippen molar-refractivity contribution < 1.29 is 36.2 Å². The van der Waals surface area contributed by atoms with Crippen molar-refractivity contribution in [1.29, 1.82) is 0 Å². The number of fused-ring (bicyclic) bond motifs is 1. The van der Waals surface area contributed by atoms with E-state index in [9.17, 15) is 31.1 Å². The Morgan fingerprint density at radius 3 is 2.31 bits per heavy atom. The number of pyridine rings is 1. The van der Waals surface area contributed by atoms with E-state index in [1.807, 2.05) is 0 Å². The van der Waals surface area contributed by atoms with Gasteiger partial charge in [0.15, 0.2) is 5.65 Å². The number of aromatic nitrogens is 3. The van der Waals surface area contributed by atoms with E-state index in [-0.39, 0.29) is 22.8 Å². The zero-order valence-electron chi connectivity index (χ0n) is 14.3. The Balaban J connectivity index is 2.12. The number of anilines is 1. The highest BCUT2D eigenvalue weighted by Gasteiger charge is 2.34. The molecule has 0 bridgehead atoms. The van der Waals surface area contributed by atoms with Crippen molar-refractivity contribution in [2.45, 2.75) is 18.5 Å². The van der Waals surface area contributed by atoms with Crippen LogP contribution < -0.4 is 5.32 Å². The Morgan fingerprint density at radius 1 is 1.07 bits per heavy atom. The summed E-state index contributed by atoms with van der Waals surface area (Å²) in [5.41, 5.74) is -1.51. The average molecular weight is 418 g/mol. The molecule has 0 aliphatic rings. The van der Waals surface area contributed by atoms with Crippen LogP contribution in [0.15, 0.2) is 36.4 Å². The highest BCUT2D eigenvalue weighted by molar-refractivity contribution is 5.92. The highest BCUT2D eigenvalue weighted by Crippen LogP contribution is 2.31. The molecule has 3 aromatic rings. The molecule has 0 spiro atoms. The fourth-order valence-electron chi connectivity index (χ4n) is 2.50. The Bertz CT molecular complexity index is 1050. The van der Waals surface area contributed by atoms with Crippen LogP contribution in [-0.4, -0.2) is 38.1 Å². The average Bonchev–Trinajstić information content (AvgIpc) is 2.98. The normalized spacial score (nSPS) is 14.0. The van der Waals surface area contributed by atoms with E-state index in [4.69, 9.17) is 5.11 Å². The number of rotatable bonds is 5. The lowest BCUT2D eigenvalue weighted by Gasteiger charge is -2.15. The van der Waals surface area contributed by atoms with Crippen LogP contribution in [0.3, 0.4) is 0 Å². The minimum absolute atomic E-state index is 0.0568. The molecule has 0 saturated carbocycles. The topological polar surface area (TPSA) is 80.0 Å². The molecule has 0 saturated heterocycles. The maximum atomic E-state index is 13.3. The van der Waals surface area contributed by atoms with Crippen LogP contribution in [0.25, 0.3) is 16.9 Å². The molecule has 29 heavy (non-hydrogen) atoms. The highest BCUT2D eigenvalue weighted by atomic mass is 19.4. The number of alkyl halides is 5. The van der Waals surface area contributed by atoms with E-state index in [0.717, 1.165) is 22.8 Å². The number of halogens is 6. The summed E-state index contributed by atoms with van der Waals surface area (Å²) in [7, 11) is 0. The van der Waals surface area contributed by atoms with Gasteiger partial charge in [0.1, 0.15) is 23.7 Å². The molecule has 1 unspecified atom stereocenters. The largest absolute Gasteiger partial charge is 0.433 e. The van der Waals surface area contributed by atoms with Gasteiger partial charge in [-0.3, -0.25) is 14.7 Å². The quantitative estimate of drug-likeness (QED) is 0.622. The summed E-state index contributed by atoms with van der Waals surface area (Å²) in [5.74, 6) is -5.61. The lowest BCUT2D eigenvalue weighted by molar-refractivity contribution is -0.141. The van der Waals surface area contributed by atoms with Gasteiger partial charge in [0.25, 0.3) is 0 Å². The Kier molecular flexibility index (Phi) is 5.22. The fraction of sp³-hybridized carbons (Fsp3) is 0.235. The van der Waals surface area contributed by atoms with Gasteiger partial charge in [-0.2, -0.15) is 13.2 Å². The number of imidazole rings is 1. The Labute approximate surface area is 158 Å². The van der Waals surface area contributed by atoms with Crippen molar-refractivity contribution in [3.63, 3.8) is 0 Å². The standard InChI is InChI=1S/C17H12F6N4O2/c18-8-16(20,29)7-13(28)26-15-24-11-5-6-12(17(21,22)23)25-14(11)27(15)10-3-1-9(19)2-4-10/h1-6,29H,7-8H2,(H,24,26,28). The fourth-order valence-corrected chi connectivity index (χ4v) is 2.50. The summed E-state index contributed by atoms with van der Waals surface area (Å²) in [6.45, 7) is -1.84. The zero-order valence-corrected chi connectivity index (χ0v) is 14.3. The van der Waals surface area contributed by atoms with E-state index < -0.39 is 42.5 Å². The van der Waals surface area contributed by atoms with Crippen LogP contribution >= 0.6 is 0 Å². The zero-order chi connectivity index (χ0) is 21.4. The molecular formula is C17H12F6N4O2. The maximum absolute atomic E-state index is 13.3. The first-order chi connectivity index (χ1) is 13.5. The van der Waals surface area contributed by atoms with Gasteiger partial charge in [-0.05, 0) is 36.4 Å². The number of carbonyl (C=O) groups is 1. The first-order valence-corrected chi connectivity index (χ1v) is 8.00. The molecule has 3 rings (SSSR count). The van der Waals surface area contributed by atoms with Gasteiger partial charge in [-0.25, -0.2) is 23.1 Å². The van der Waals surface area contributed by atoms with Crippen molar-refractivity contribution in [2.24, 2.45) is 0 Å². The molecule has 0 radical (unpaired) electrons. The molecule has 2 N–H and O–H groups in total. The molecule has 12 heteroatoms. The van der Waals surface area contributed by atoms with Gasteiger partial charge < -0.3 is 5.11 Å². The van der Waals surface area contributed by atoms with Crippen LogP contribution in [0.2, 0.25) is 0 Å². The predicted molar refractivity (Wildman–Crippen MR) is 89.1 cm³/mol. The third-order valence-corrected chi connectivity index (χ3v) is 3.77. The second-order valence-electron chi connectivity index (χ2n) is 6.06. The summed E-state index contributed by atoms with van der Waals surface area (Å²) in [6.07, 6.45) is -6.04. The van der Waals surface area contributed by atoms with E-state index in [1.54, 1.807) is 0 Å². The lowest BCUT2D eigenvalue weighted by atomic mass is 10.2. The number of aliphatic hydroxyl groups is 1. The van der Waals surface area contributed by atoms with E-state index in [2.05, 4.69) is 15.3 Å². The van der Waals surface area contributed by atoms with Gasteiger partial charge in [0, 0.05) is 0 Å². The smallest absolute Gasteiger partial charge is 0.359 e. The third-order valence-electron chi connectivity index (χ3n) is 3.77. The number of benzene rings is 1. The molecule has 154 valence electrons. The number of nitrogens with one attached hydrogen (secondary N) is 1. The number of nitrogens with zero attached hydrogens (tertiary/aromatic N) is 3. The van der Waals surface area contributed by atoms with Crippen LogP contribution in [0.1, 0.15) is 12.1 Å². The molecule has 2 heterocycles. The van der Waals surface area contributed by atoms with Gasteiger partial charge >= 0.3 is 6.18 Å². The third kappa shape index (κ3) is 4.47. The molecule has 6 nitrogen and oxygen atoms in total. The van der Waals surface area contributed by atoms with Crippen molar-refractivity contribution >= 4 is 23.0 Å². The van der Waals surface area contributed by atoms with Crippen molar-refractivity contribution in [2.75, 3.05) is 12.0 Å². The van der Waals surface area contributed by atoms with E-state index in [0.29, 0.717) is 6.07 Å². The van der Waals surface area contributed by atoms with Crippen LogP contribution in [0.4, 0.5) is 32.3 Å². The maximum Gasteiger partial charge on any atom is 0.433 e. The van der Waals surface area contributed by atoms with Gasteiger partial charge in [-0.15, -0.1) is 0 Å². The molecule has 1 amide bonds. The van der Waals surface area contributed by atoms with Crippen molar-refractivity contribution in [1.82, 2.24) is 14.5 Å². The lowest BCUT2D eigenvalue weighted by Crippen LogP contribution is -2.31. The first kappa shape index (κ1) is 20.6. The van der Waals surface area contributed by atoms with Gasteiger partial charge in [-0.1, -0.05) is 0 Å². The second kappa shape index (κ2) is 7.35. The summed E-state index contributed by atoms with van der Waals surface area (Å²) in [6, 6.07) is 6.11. The minimum Gasteiger partial charge on any atom is -0.359 e. The van der Waals surface area contributed by atoms with Gasteiger partial charge in [0.05, 0.1) is 12.1 Å². The monoisotopic (exact) mass is 418 g/mol. The van der Waals surface area contributed by atoms with Crippen molar-refractivity contribution in [3.05, 3.63) is 47.9 Å². The number of carbonyl (C=O) groups excluding carboxylic acids is 1. The van der Waals surface area contributed by atoms with E-state index >= 15 is 0 Å². The second-order valence-corrected chi connectivity index (χ2v) is 6.06. The molecule has 1 atom stereocenters. The molecule has 0 aliphatic heterocycles. The Hall–Kier alpha value is -3.15. The molecular weight excluding hydrogens is 406 g/mol. The molecule has 2 aromatic heterocycles. The number of amides is 1. The predicted octanol–water partition coefficient (Wildman–Crippen LogP) is 3.53. The SMILES string of the molecule is O=C(CC(O)(F)CF)Nc1nc2ccc(C(F)(F)F)nc2n1-c1ccc(F)cc1. The number of hydrogen-bond donors (Lipinski definition) is 2. The summed E-state index contributed by atoms with van der Waals surface area (Å²) < 4.78 is 79.0. The van der Waals surface area contributed by atoms with Gasteiger partial charge in [0.2, 0.25) is 17.7 Å². The molecule has 0 aliphatic carbocycles. The van der Waals surface area contributed by atoms with Crippen LogP contribution in [0, 0.1) is 5.82 Å².